The van der Waals surface area contributed by atoms with Gasteiger partial charge in [-0.25, -0.2) is 0 Å². The van der Waals surface area contributed by atoms with Crippen molar-refractivity contribution in [1.29, 1.82) is 0 Å². The van der Waals surface area contributed by atoms with E-state index in [0.717, 1.165) is 17.1 Å². The Hall–Kier alpha value is -2.27. The maximum atomic E-state index is 5.36. The predicted octanol–water partition coefficient (Wildman–Crippen LogP) is 3.91. The van der Waals surface area contributed by atoms with E-state index in [1.165, 1.54) is 11.1 Å². The maximum Gasteiger partial charge on any atom is 0.231 e. The first kappa shape index (κ1) is 18.1. The first-order chi connectivity index (χ1) is 11.7. The summed E-state index contributed by atoms with van der Waals surface area (Å²) in [5.41, 5.74) is 3.56. The number of thiocarbonyl (C=S) groups is 1. The summed E-state index contributed by atoms with van der Waals surface area (Å²) in [5, 5.41) is 7.05. The molecule has 0 amide bonds. The normalized spacial score (nSPS) is 11.3. The summed E-state index contributed by atoms with van der Waals surface area (Å²) < 4.78 is 10.7. The third-order valence-electron chi connectivity index (χ3n) is 3.43. The van der Waals surface area contributed by atoms with Gasteiger partial charge in [0.05, 0.1) is 0 Å². The van der Waals surface area contributed by atoms with Crippen LogP contribution in [0.15, 0.2) is 42.5 Å². The van der Waals surface area contributed by atoms with Gasteiger partial charge in [-0.1, -0.05) is 49.7 Å². The van der Waals surface area contributed by atoms with Gasteiger partial charge in [-0.05, 0) is 42.4 Å². The van der Waals surface area contributed by atoms with Crippen molar-refractivity contribution in [3.63, 3.8) is 0 Å². The van der Waals surface area contributed by atoms with Crippen molar-refractivity contribution < 1.29 is 9.47 Å². The van der Waals surface area contributed by atoms with Crippen molar-refractivity contribution in [2.75, 3.05) is 6.79 Å². The Kier molecular flexibility index (Phi) is 6.88. The van der Waals surface area contributed by atoms with E-state index in [1.807, 2.05) is 32.0 Å². The molecule has 0 saturated carbocycles. The fraction of sp³-hybridized carbons (Fsp3) is 0.316. The van der Waals surface area contributed by atoms with Gasteiger partial charge in [0.2, 0.25) is 6.79 Å². The van der Waals surface area contributed by atoms with E-state index in [-0.39, 0.29) is 0 Å². The Morgan fingerprint density at radius 3 is 2.33 bits per heavy atom. The molecule has 24 heavy (non-hydrogen) atoms. The number of hydrogen-bond acceptors (Lipinski definition) is 3. The summed E-state index contributed by atoms with van der Waals surface area (Å²) >= 11 is 5.31. The molecule has 2 N–H and O–H groups in total. The third kappa shape index (κ3) is 5.13. The largest absolute Gasteiger partial charge is 0.454 e. The van der Waals surface area contributed by atoms with Crippen molar-refractivity contribution >= 4 is 17.3 Å². The van der Waals surface area contributed by atoms with Crippen LogP contribution in [0.3, 0.4) is 0 Å². The molecule has 0 aliphatic carbocycles. The number of hydrogen-bond donors (Lipinski definition) is 2. The number of nitrogens with one attached hydrogen (secondary N) is 2. The summed E-state index contributed by atoms with van der Waals surface area (Å²) in [6.07, 6.45) is 0. The van der Waals surface area contributed by atoms with Crippen LogP contribution in [0.2, 0.25) is 0 Å². The Labute approximate surface area is 149 Å². The van der Waals surface area contributed by atoms with E-state index in [1.54, 1.807) is 0 Å². The Morgan fingerprint density at radius 2 is 1.62 bits per heavy atom. The average molecular weight is 344 g/mol. The van der Waals surface area contributed by atoms with Gasteiger partial charge in [0.15, 0.2) is 16.6 Å². The smallest absolute Gasteiger partial charge is 0.231 e. The van der Waals surface area contributed by atoms with Crippen molar-refractivity contribution in [2.45, 2.75) is 33.9 Å². The highest BCUT2D eigenvalue weighted by Crippen LogP contribution is 2.32. The highest BCUT2D eigenvalue weighted by molar-refractivity contribution is 7.80. The van der Waals surface area contributed by atoms with E-state index in [2.05, 4.69) is 41.8 Å². The SMILES string of the molecule is CC.Cc1cccc(CNC(=S)NCc2ccc3c(c2)OCO3)c1. The van der Waals surface area contributed by atoms with Crippen LogP contribution in [0.5, 0.6) is 11.5 Å². The highest BCUT2D eigenvalue weighted by atomic mass is 32.1. The molecule has 0 saturated heterocycles. The van der Waals surface area contributed by atoms with Crippen molar-refractivity contribution in [2.24, 2.45) is 0 Å². The molecule has 0 aromatic heterocycles. The van der Waals surface area contributed by atoms with Crippen molar-refractivity contribution in [1.82, 2.24) is 10.6 Å². The lowest BCUT2D eigenvalue weighted by Gasteiger charge is -2.11. The van der Waals surface area contributed by atoms with Gasteiger partial charge < -0.3 is 20.1 Å². The van der Waals surface area contributed by atoms with E-state index >= 15 is 0 Å². The van der Waals surface area contributed by atoms with E-state index < -0.39 is 0 Å². The number of rotatable bonds is 4. The van der Waals surface area contributed by atoms with Crippen LogP contribution >= 0.6 is 12.2 Å². The molecule has 0 bridgehead atoms. The van der Waals surface area contributed by atoms with E-state index in [4.69, 9.17) is 21.7 Å². The topological polar surface area (TPSA) is 42.5 Å². The quantitative estimate of drug-likeness (QED) is 0.823. The first-order valence-electron chi connectivity index (χ1n) is 8.16. The summed E-state index contributed by atoms with van der Waals surface area (Å²) in [4.78, 5) is 0. The molecule has 2 aromatic rings. The second-order valence-corrected chi connectivity index (χ2v) is 5.62. The van der Waals surface area contributed by atoms with Crippen molar-refractivity contribution in [3.8, 4) is 11.5 Å². The number of fused-ring (bicyclic) bond motifs is 1. The molecule has 0 unspecified atom stereocenters. The summed E-state index contributed by atoms with van der Waals surface area (Å²) in [7, 11) is 0. The number of benzene rings is 2. The lowest BCUT2D eigenvalue weighted by molar-refractivity contribution is 0.174. The zero-order valence-corrected chi connectivity index (χ0v) is 15.2. The van der Waals surface area contributed by atoms with E-state index in [0.29, 0.717) is 25.0 Å². The van der Waals surface area contributed by atoms with Crippen LogP contribution in [0.1, 0.15) is 30.5 Å². The van der Waals surface area contributed by atoms with Crippen molar-refractivity contribution in [3.05, 3.63) is 59.2 Å². The molecular weight excluding hydrogens is 320 g/mol. The van der Waals surface area contributed by atoms with Crippen LogP contribution in [-0.4, -0.2) is 11.9 Å². The zero-order valence-electron chi connectivity index (χ0n) is 14.4. The zero-order chi connectivity index (χ0) is 17.4. The van der Waals surface area contributed by atoms with Gasteiger partial charge in [-0.2, -0.15) is 0 Å². The maximum absolute atomic E-state index is 5.36. The van der Waals surface area contributed by atoms with Gasteiger partial charge in [-0.15, -0.1) is 0 Å². The second-order valence-electron chi connectivity index (χ2n) is 5.21. The van der Waals surface area contributed by atoms with Gasteiger partial charge in [-0.3, -0.25) is 0 Å². The summed E-state index contributed by atoms with van der Waals surface area (Å²) in [5.74, 6) is 1.59. The molecule has 4 nitrogen and oxygen atoms in total. The molecule has 0 fully saturated rings. The first-order valence-corrected chi connectivity index (χ1v) is 8.57. The highest BCUT2D eigenvalue weighted by Gasteiger charge is 2.12. The molecule has 128 valence electrons. The minimum atomic E-state index is 0.294. The third-order valence-corrected chi connectivity index (χ3v) is 3.71. The molecule has 5 heteroatoms. The predicted molar refractivity (Wildman–Crippen MR) is 101 cm³/mol. The molecule has 1 heterocycles. The van der Waals surface area contributed by atoms with Crippen LogP contribution in [0.4, 0.5) is 0 Å². The van der Waals surface area contributed by atoms with Gasteiger partial charge >= 0.3 is 0 Å². The Balaban J connectivity index is 0.00000100. The molecule has 2 aromatic carbocycles. The van der Waals surface area contributed by atoms with Crippen LogP contribution in [0, 0.1) is 6.92 Å². The Bertz CT molecular complexity index is 689. The van der Waals surface area contributed by atoms with Crippen LogP contribution in [0.25, 0.3) is 0 Å². The lowest BCUT2D eigenvalue weighted by atomic mass is 10.1. The van der Waals surface area contributed by atoms with Gasteiger partial charge in [0.1, 0.15) is 0 Å². The average Bonchev–Trinajstić information content (AvgIpc) is 3.08. The Morgan fingerprint density at radius 1 is 0.958 bits per heavy atom. The van der Waals surface area contributed by atoms with Gasteiger partial charge in [0.25, 0.3) is 0 Å². The van der Waals surface area contributed by atoms with Crippen LogP contribution < -0.4 is 20.1 Å². The molecular formula is C19H24N2O2S. The fourth-order valence-corrected chi connectivity index (χ4v) is 2.44. The van der Waals surface area contributed by atoms with E-state index in [9.17, 15) is 0 Å². The number of ether oxygens (including phenoxy) is 2. The van der Waals surface area contributed by atoms with Crippen LogP contribution in [-0.2, 0) is 13.1 Å². The molecule has 0 atom stereocenters. The monoisotopic (exact) mass is 344 g/mol. The molecule has 1 aliphatic rings. The molecule has 0 radical (unpaired) electrons. The number of aryl methyl sites for hydroxylation is 1. The van der Waals surface area contributed by atoms with Gasteiger partial charge in [0, 0.05) is 13.1 Å². The standard InChI is InChI=1S/C17H18N2O2S.C2H6/c1-12-3-2-4-13(7-12)9-18-17(22)19-10-14-5-6-15-16(8-14)21-11-20-15;1-2/h2-8H,9-11H2,1H3,(H2,18,19,22);1-2H3. The minimum Gasteiger partial charge on any atom is -0.454 e. The minimum absolute atomic E-state index is 0.294. The molecule has 3 rings (SSSR count). The molecule has 1 aliphatic heterocycles. The molecule has 0 spiro atoms. The second kappa shape index (κ2) is 9.13. The summed E-state index contributed by atoms with van der Waals surface area (Å²) in [6.45, 7) is 7.74. The summed E-state index contributed by atoms with van der Waals surface area (Å²) in [6, 6.07) is 14.3. The lowest BCUT2D eigenvalue weighted by Crippen LogP contribution is -2.34. The fourth-order valence-electron chi connectivity index (χ4n) is 2.30.